The highest BCUT2D eigenvalue weighted by molar-refractivity contribution is 5.29. The van der Waals surface area contributed by atoms with Crippen molar-refractivity contribution in [1.29, 1.82) is 0 Å². The summed E-state index contributed by atoms with van der Waals surface area (Å²) in [4.78, 5) is 3.89. The summed E-state index contributed by atoms with van der Waals surface area (Å²) in [5.74, 6) is -0.583. The van der Waals surface area contributed by atoms with Gasteiger partial charge in [-0.2, -0.15) is 0 Å². The van der Waals surface area contributed by atoms with Crippen LogP contribution >= 0.6 is 0 Å². The normalized spacial score (nSPS) is 12.4. The first kappa shape index (κ1) is 14.6. The number of nitrogens with zero attached hydrogens (tertiary/aromatic N) is 1. The molecule has 4 heteroatoms. The van der Waals surface area contributed by atoms with Gasteiger partial charge >= 0.3 is 0 Å². The van der Waals surface area contributed by atoms with Gasteiger partial charge in [0, 0.05) is 12.2 Å². The number of aryl methyl sites for hydroxylation is 1. The van der Waals surface area contributed by atoms with Crippen LogP contribution in [0.3, 0.4) is 0 Å². The molecule has 0 saturated carbocycles. The second kappa shape index (κ2) is 6.57. The van der Waals surface area contributed by atoms with Gasteiger partial charge in [0.25, 0.3) is 0 Å². The van der Waals surface area contributed by atoms with Crippen LogP contribution in [0, 0.1) is 18.6 Å². The molecule has 1 aromatic carbocycles. The van der Waals surface area contributed by atoms with E-state index in [9.17, 15) is 8.78 Å². The van der Waals surface area contributed by atoms with Crippen molar-refractivity contribution in [3.63, 3.8) is 0 Å². The van der Waals surface area contributed by atoms with E-state index >= 15 is 0 Å². The van der Waals surface area contributed by atoms with Crippen molar-refractivity contribution < 1.29 is 8.78 Å². The molecule has 2 rings (SSSR count). The van der Waals surface area contributed by atoms with E-state index in [1.807, 2.05) is 13.8 Å². The van der Waals surface area contributed by atoms with E-state index in [0.717, 1.165) is 23.2 Å². The number of aromatic nitrogens is 1. The zero-order valence-corrected chi connectivity index (χ0v) is 11.7. The fourth-order valence-electron chi connectivity index (χ4n) is 2.28. The molecule has 0 fully saturated rings. The fraction of sp³-hybridized carbons (Fsp3) is 0.312. The summed E-state index contributed by atoms with van der Waals surface area (Å²) in [5, 5.41) is 3.32. The van der Waals surface area contributed by atoms with Crippen LogP contribution in [0.1, 0.15) is 29.7 Å². The van der Waals surface area contributed by atoms with Crippen molar-refractivity contribution in [3.8, 4) is 0 Å². The predicted octanol–water partition coefficient (Wildman–Crippen LogP) is 3.56. The van der Waals surface area contributed by atoms with Crippen LogP contribution in [-0.2, 0) is 6.42 Å². The summed E-state index contributed by atoms with van der Waals surface area (Å²) >= 11 is 0. The zero-order valence-electron chi connectivity index (χ0n) is 11.7. The van der Waals surface area contributed by atoms with E-state index in [2.05, 4.69) is 10.3 Å². The third kappa shape index (κ3) is 3.61. The molecule has 1 aromatic heterocycles. The highest BCUT2D eigenvalue weighted by atomic mass is 19.1. The Bertz CT molecular complexity index is 584. The number of nitrogens with one attached hydrogen (secondary N) is 1. The van der Waals surface area contributed by atoms with Crippen molar-refractivity contribution in [2.24, 2.45) is 0 Å². The van der Waals surface area contributed by atoms with Gasteiger partial charge in [-0.1, -0.05) is 13.0 Å². The summed E-state index contributed by atoms with van der Waals surface area (Å²) in [6, 6.07) is 6.20. The van der Waals surface area contributed by atoms with E-state index in [4.69, 9.17) is 0 Å². The average Bonchev–Trinajstić information content (AvgIpc) is 2.41. The number of halogens is 2. The molecule has 0 aliphatic rings. The van der Waals surface area contributed by atoms with Gasteiger partial charge < -0.3 is 5.32 Å². The van der Waals surface area contributed by atoms with Gasteiger partial charge in [0.15, 0.2) is 0 Å². The van der Waals surface area contributed by atoms with Gasteiger partial charge in [-0.25, -0.2) is 8.78 Å². The van der Waals surface area contributed by atoms with Gasteiger partial charge in [-0.05, 0) is 54.8 Å². The van der Waals surface area contributed by atoms with E-state index in [1.165, 1.54) is 24.4 Å². The molecule has 2 nitrogen and oxygen atoms in total. The molecular weight excluding hydrogens is 258 g/mol. The maximum Gasteiger partial charge on any atom is 0.141 e. The first-order chi connectivity index (χ1) is 9.60. The molecule has 106 valence electrons. The molecule has 0 radical (unpaired) electrons. The molecule has 0 amide bonds. The summed E-state index contributed by atoms with van der Waals surface area (Å²) in [6.45, 7) is 4.64. The quantitative estimate of drug-likeness (QED) is 0.903. The summed E-state index contributed by atoms with van der Waals surface area (Å²) in [6.07, 6.45) is 3.52. The lowest BCUT2D eigenvalue weighted by Gasteiger charge is -2.19. The Morgan fingerprint density at radius 3 is 2.60 bits per heavy atom. The summed E-state index contributed by atoms with van der Waals surface area (Å²) < 4.78 is 26.4. The van der Waals surface area contributed by atoms with Crippen LogP contribution in [-0.4, -0.2) is 11.5 Å². The van der Waals surface area contributed by atoms with Crippen LogP contribution in [0.2, 0.25) is 0 Å². The average molecular weight is 276 g/mol. The Morgan fingerprint density at radius 2 is 1.95 bits per heavy atom. The summed E-state index contributed by atoms with van der Waals surface area (Å²) in [5.41, 5.74) is 2.74. The van der Waals surface area contributed by atoms with Crippen molar-refractivity contribution in [2.75, 3.05) is 6.54 Å². The van der Waals surface area contributed by atoms with Crippen LogP contribution in [0.15, 0.2) is 36.7 Å². The Labute approximate surface area is 117 Å². The highest BCUT2D eigenvalue weighted by Crippen LogP contribution is 2.21. The molecular formula is C16H18F2N2. The lowest BCUT2D eigenvalue weighted by Crippen LogP contribution is -2.23. The Hall–Kier alpha value is -1.81. The Morgan fingerprint density at radius 1 is 1.15 bits per heavy atom. The smallest absolute Gasteiger partial charge is 0.141 e. The van der Waals surface area contributed by atoms with Crippen molar-refractivity contribution in [3.05, 3.63) is 65.0 Å². The van der Waals surface area contributed by atoms with Crippen molar-refractivity contribution >= 4 is 0 Å². The van der Waals surface area contributed by atoms with Gasteiger partial charge in [0.05, 0.1) is 6.20 Å². The van der Waals surface area contributed by atoms with Gasteiger partial charge in [-0.3, -0.25) is 4.98 Å². The number of hydrogen-bond acceptors (Lipinski definition) is 2. The van der Waals surface area contributed by atoms with E-state index < -0.39 is 0 Å². The second-order valence-electron chi connectivity index (χ2n) is 4.82. The molecule has 1 heterocycles. The molecule has 1 unspecified atom stereocenters. The third-order valence-electron chi connectivity index (χ3n) is 3.31. The molecule has 1 N–H and O–H groups in total. The third-order valence-corrected chi connectivity index (χ3v) is 3.31. The van der Waals surface area contributed by atoms with E-state index in [-0.39, 0.29) is 17.7 Å². The molecule has 0 spiro atoms. The number of benzene rings is 1. The standard InChI is InChI=1S/C16H18F2N2/c1-3-20-16(13-7-15(18)10-19-9-13)8-12-4-5-14(17)6-11(12)2/h4-7,9-10,16,20H,3,8H2,1-2H3. The Kier molecular flexibility index (Phi) is 4.79. The minimum Gasteiger partial charge on any atom is -0.310 e. The first-order valence-corrected chi connectivity index (χ1v) is 6.69. The molecule has 0 bridgehead atoms. The maximum atomic E-state index is 13.3. The second-order valence-corrected chi connectivity index (χ2v) is 4.82. The largest absolute Gasteiger partial charge is 0.310 e. The van der Waals surface area contributed by atoms with Crippen molar-refractivity contribution in [2.45, 2.75) is 26.3 Å². The first-order valence-electron chi connectivity index (χ1n) is 6.69. The van der Waals surface area contributed by atoms with Crippen LogP contribution in [0.25, 0.3) is 0 Å². The van der Waals surface area contributed by atoms with Gasteiger partial charge in [0.1, 0.15) is 11.6 Å². The van der Waals surface area contributed by atoms with Crippen LogP contribution < -0.4 is 5.32 Å². The molecule has 0 aliphatic heterocycles. The SMILES string of the molecule is CCNC(Cc1ccc(F)cc1C)c1cncc(F)c1. The predicted molar refractivity (Wildman–Crippen MR) is 75.5 cm³/mol. The number of rotatable bonds is 5. The minimum atomic E-state index is -0.346. The molecule has 0 saturated heterocycles. The van der Waals surface area contributed by atoms with Gasteiger partial charge in [-0.15, -0.1) is 0 Å². The lowest BCUT2D eigenvalue weighted by atomic mass is 9.97. The number of hydrogen-bond donors (Lipinski definition) is 1. The van der Waals surface area contributed by atoms with E-state index in [1.54, 1.807) is 12.3 Å². The summed E-state index contributed by atoms with van der Waals surface area (Å²) in [7, 11) is 0. The van der Waals surface area contributed by atoms with Crippen molar-refractivity contribution in [1.82, 2.24) is 10.3 Å². The van der Waals surface area contributed by atoms with Gasteiger partial charge in [0.2, 0.25) is 0 Å². The number of likely N-dealkylation sites (N-methyl/N-ethyl adjacent to an activating group) is 1. The zero-order chi connectivity index (χ0) is 14.5. The minimum absolute atomic E-state index is 0.0349. The highest BCUT2D eigenvalue weighted by Gasteiger charge is 2.14. The molecule has 0 aliphatic carbocycles. The topological polar surface area (TPSA) is 24.9 Å². The van der Waals surface area contributed by atoms with E-state index in [0.29, 0.717) is 6.42 Å². The molecule has 1 atom stereocenters. The fourth-order valence-corrected chi connectivity index (χ4v) is 2.28. The van der Waals surface area contributed by atoms with Crippen LogP contribution in [0.4, 0.5) is 8.78 Å². The molecule has 2 aromatic rings. The monoisotopic (exact) mass is 276 g/mol. The maximum absolute atomic E-state index is 13.3. The Balaban J connectivity index is 2.25. The van der Waals surface area contributed by atoms with Crippen LogP contribution in [0.5, 0.6) is 0 Å². The number of pyridine rings is 1. The molecule has 20 heavy (non-hydrogen) atoms. The lowest BCUT2D eigenvalue weighted by molar-refractivity contribution is 0.537.